The summed E-state index contributed by atoms with van der Waals surface area (Å²) in [5, 5.41) is 24.7. The lowest BCUT2D eigenvalue weighted by Crippen LogP contribution is -2.19. The maximum absolute atomic E-state index is 11.9. The lowest BCUT2D eigenvalue weighted by atomic mass is 10.1. The van der Waals surface area contributed by atoms with Crippen LogP contribution in [0.1, 0.15) is 21.5 Å². The molecule has 1 amide bonds. The zero-order chi connectivity index (χ0) is 20.6. The van der Waals surface area contributed by atoms with Gasteiger partial charge in [0.15, 0.2) is 4.34 Å². The van der Waals surface area contributed by atoms with Gasteiger partial charge in [0.25, 0.3) is 5.91 Å². The normalized spacial score (nSPS) is 10.8. The molecule has 3 aromatic rings. The molecule has 8 nitrogen and oxygen atoms in total. The molecule has 0 saturated carbocycles. The van der Waals surface area contributed by atoms with E-state index in [2.05, 4.69) is 26.0 Å². The number of nitrogens with zero attached hydrogens (tertiary/aromatic N) is 3. The van der Waals surface area contributed by atoms with E-state index >= 15 is 0 Å². The number of hydrazone groups is 1. The third-order valence-electron chi connectivity index (χ3n) is 3.60. The first kappa shape index (κ1) is 20.5. The maximum atomic E-state index is 11.9. The van der Waals surface area contributed by atoms with Crippen molar-refractivity contribution in [2.45, 2.75) is 11.3 Å². The van der Waals surface area contributed by atoms with E-state index in [4.69, 9.17) is 5.11 Å². The molecule has 1 heterocycles. The van der Waals surface area contributed by atoms with E-state index in [0.717, 1.165) is 5.69 Å². The van der Waals surface area contributed by atoms with E-state index in [9.17, 15) is 9.59 Å². The molecule has 0 bridgehead atoms. The average Bonchev–Trinajstić information content (AvgIpc) is 3.16. The first-order valence-corrected chi connectivity index (χ1v) is 10.2. The van der Waals surface area contributed by atoms with Gasteiger partial charge in [-0.05, 0) is 36.8 Å². The largest absolute Gasteiger partial charge is 0.478 e. The van der Waals surface area contributed by atoms with Crippen LogP contribution in [-0.4, -0.2) is 39.1 Å². The number of thioether (sulfide) groups is 1. The summed E-state index contributed by atoms with van der Waals surface area (Å²) in [6.07, 6.45) is 1.45. The molecule has 3 rings (SSSR count). The van der Waals surface area contributed by atoms with Crippen LogP contribution in [0.15, 0.2) is 58.0 Å². The number of aryl methyl sites for hydroxylation is 1. The predicted octanol–water partition coefficient (Wildman–Crippen LogP) is 3.53. The van der Waals surface area contributed by atoms with Gasteiger partial charge in [0.1, 0.15) is 0 Å². The summed E-state index contributed by atoms with van der Waals surface area (Å²) in [6.45, 7) is 2.02. The van der Waals surface area contributed by atoms with Gasteiger partial charge < -0.3 is 10.4 Å². The summed E-state index contributed by atoms with van der Waals surface area (Å²) in [6, 6.07) is 14.1. The third kappa shape index (κ3) is 6.40. The van der Waals surface area contributed by atoms with Crippen LogP contribution < -0.4 is 10.7 Å². The van der Waals surface area contributed by atoms with Crippen molar-refractivity contribution in [1.82, 2.24) is 15.6 Å². The first-order chi connectivity index (χ1) is 14.0. The van der Waals surface area contributed by atoms with E-state index in [1.807, 2.05) is 31.2 Å². The Labute approximate surface area is 175 Å². The van der Waals surface area contributed by atoms with Gasteiger partial charge in [0.05, 0.1) is 17.5 Å². The van der Waals surface area contributed by atoms with Crippen molar-refractivity contribution in [3.8, 4) is 0 Å². The Kier molecular flexibility index (Phi) is 6.93. The number of hydrogen-bond donors (Lipinski definition) is 3. The zero-order valence-electron chi connectivity index (χ0n) is 15.3. The van der Waals surface area contributed by atoms with Gasteiger partial charge in [-0.1, -0.05) is 52.9 Å². The Hall–Kier alpha value is -3.24. The van der Waals surface area contributed by atoms with E-state index in [0.29, 0.717) is 15.0 Å². The summed E-state index contributed by atoms with van der Waals surface area (Å²) >= 11 is 2.63. The Morgan fingerprint density at radius 2 is 1.86 bits per heavy atom. The molecule has 29 heavy (non-hydrogen) atoms. The van der Waals surface area contributed by atoms with Crippen molar-refractivity contribution in [3.05, 3.63) is 65.2 Å². The highest BCUT2D eigenvalue weighted by atomic mass is 32.2. The summed E-state index contributed by atoms with van der Waals surface area (Å²) in [5.74, 6) is -1.13. The molecular formula is C19H17N5O3S2. The number of aromatic nitrogens is 2. The molecule has 0 radical (unpaired) electrons. The highest BCUT2D eigenvalue weighted by Crippen LogP contribution is 2.27. The topological polar surface area (TPSA) is 117 Å². The number of nitrogens with one attached hydrogen (secondary N) is 2. The van der Waals surface area contributed by atoms with Crippen molar-refractivity contribution in [2.24, 2.45) is 5.10 Å². The van der Waals surface area contributed by atoms with Gasteiger partial charge in [-0.15, -0.1) is 10.2 Å². The predicted molar refractivity (Wildman–Crippen MR) is 114 cm³/mol. The van der Waals surface area contributed by atoms with Gasteiger partial charge in [0, 0.05) is 5.69 Å². The molecule has 0 aliphatic heterocycles. The summed E-state index contributed by atoms with van der Waals surface area (Å²) in [7, 11) is 0. The van der Waals surface area contributed by atoms with Crippen LogP contribution in [0.4, 0.5) is 10.8 Å². The van der Waals surface area contributed by atoms with Crippen LogP contribution in [-0.2, 0) is 4.79 Å². The number of carbonyl (C=O) groups is 2. The van der Waals surface area contributed by atoms with Gasteiger partial charge >= 0.3 is 5.97 Å². The van der Waals surface area contributed by atoms with Gasteiger partial charge in [-0.25, -0.2) is 10.2 Å². The molecule has 2 aromatic carbocycles. The van der Waals surface area contributed by atoms with Crippen molar-refractivity contribution in [3.63, 3.8) is 0 Å². The molecule has 0 spiro atoms. The minimum absolute atomic E-state index is 0.147. The molecule has 0 aliphatic carbocycles. The molecule has 0 saturated heterocycles. The Morgan fingerprint density at radius 1 is 1.14 bits per heavy atom. The van der Waals surface area contributed by atoms with E-state index < -0.39 is 5.97 Å². The molecule has 148 valence electrons. The number of carbonyl (C=O) groups excluding carboxylic acids is 1. The monoisotopic (exact) mass is 427 g/mol. The number of benzene rings is 2. The second-order valence-corrected chi connectivity index (χ2v) is 8.07. The van der Waals surface area contributed by atoms with Crippen molar-refractivity contribution >= 4 is 52.0 Å². The number of anilines is 2. The number of carboxylic acids is 1. The molecular weight excluding hydrogens is 410 g/mol. The lowest BCUT2D eigenvalue weighted by Gasteiger charge is -2.01. The van der Waals surface area contributed by atoms with E-state index in [1.54, 1.807) is 12.1 Å². The minimum Gasteiger partial charge on any atom is -0.478 e. The van der Waals surface area contributed by atoms with E-state index in [1.165, 1.54) is 47.0 Å². The van der Waals surface area contributed by atoms with Crippen LogP contribution in [0.25, 0.3) is 0 Å². The SMILES string of the molecule is Cc1ccc(Nc2nnc(SCC(=O)N/N=C/c3ccc(C(=O)O)cc3)s2)cc1. The molecule has 10 heteroatoms. The van der Waals surface area contributed by atoms with Gasteiger partial charge in [-0.2, -0.15) is 5.10 Å². The van der Waals surface area contributed by atoms with Crippen molar-refractivity contribution < 1.29 is 14.7 Å². The number of aromatic carboxylic acids is 1. The summed E-state index contributed by atoms with van der Waals surface area (Å²) in [5.41, 5.74) is 5.39. The molecule has 3 N–H and O–H groups in total. The molecule has 1 aromatic heterocycles. The Bertz CT molecular complexity index is 1020. The highest BCUT2D eigenvalue weighted by molar-refractivity contribution is 8.01. The highest BCUT2D eigenvalue weighted by Gasteiger charge is 2.08. The first-order valence-electron chi connectivity index (χ1n) is 8.45. The molecule has 0 atom stereocenters. The van der Waals surface area contributed by atoms with Crippen LogP contribution >= 0.6 is 23.1 Å². The fourth-order valence-corrected chi connectivity index (χ4v) is 3.69. The standard InChI is InChI=1S/C19H17N5O3S2/c1-12-2-8-15(9-3-12)21-18-23-24-19(29-18)28-11-16(25)22-20-10-13-4-6-14(7-5-13)17(26)27/h2-10H,11H2,1H3,(H,21,23)(H,22,25)(H,26,27)/b20-10+. The fraction of sp³-hybridized carbons (Fsp3) is 0.105. The smallest absolute Gasteiger partial charge is 0.335 e. The van der Waals surface area contributed by atoms with Crippen LogP contribution in [0.3, 0.4) is 0 Å². The van der Waals surface area contributed by atoms with Gasteiger partial charge in [-0.3, -0.25) is 4.79 Å². The van der Waals surface area contributed by atoms with Crippen LogP contribution in [0.5, 0.6) is 0 Å². The van der Waals surface area contributed by atoms with Crippen LogP contribution in [0, 0.1) is 6.92 Å². The molecule has 0 aliphatic rings. The number of hydrogen-bond acceptors (Lipinski definition) is 8. The van der Waals surface area contributed by atoms with Crippen molar-refractivity contribution in [1.29, 1.82) is 0 Å². The number of rotatable bonds is 8. The number of carboxylic acid groups (broad SMARTS) is 1. The second-order valence-electron chi connectivity index (χ2n) is 5.87. The second kappa shape index (κ2) is 9.80. The summed E-state index contributed by atoms with van der Waals surface area (Å²) < 4.78 is 0.669. The zero-order valence-corrected chi connectivity index (χ0v) is 17.0. The average molecular weight is 428 g/mol. The van der Waals surface area contributed by atoms with Crippen LogP contribution in [0.2, 0.25) is 0 Å². The minimum atomic E-state index is -0.993. The fourth-order valence-electron chi connectivity index (χ4n) is 2.13. The number of amides is 1. The Morgan fingerprint density at radius 3 is 2.55 bits per heavy atom. The molecule has 0 unspecified atom stereocenters. The third-order valence-corrected chi connectivity index (χ3v) is 5.57. The van der Waals surface area contributed by atoms with Crippen molar-refractivity contribution in [2.75, 3.05) is 11.1 Å². The van der Waals surface area contributed by atoms with Gasteiger partial charge in [0.2, 0.25) is 5.13 Å². The maximum Gasteiger partial charge on any atom is 0.335 e. The lowest BCUT2D eigenvalue weighted by molar-refractivity contribution is -0.118. The Balaban J connectivity index is 1.44. The summed E-state index contributed by atoms with van der Waals surface area (Å²) in [4.78, 5) is 22.7. The van der Waals surface area contributed by atoms with E-state index in [-0.39, 0.29) is 17.2 Å². The quantitative estimate of drug-likeness (QED) is 0.286. The molecule has 0 fully saturated rings.